The molecule has 0 atom stereocenters. The molecule has 0 aliphatic carbocycles. The van der Waals surface area contributed by atoms with E-state index in [4.69, 9.17) is 8.83 Å². The second-order valence-corrected chi connectivity index (χ2v) is 9.55. The first-order valence-corrected chi connectivity index (χ1v) is 12.0. The van der Waals surface area contributed by atoms with Crippen molar-refractivity contribution in [1.29, 1.82) is 0 Å². The number of anilines is 1. The van der Waals surface area contributed by atoms with Crippen LogP contribution in [0, 0.1) is 5.92 Å². The summed E-state index contributed by atoms with van der Waals surface area (Å²) in [7, 11) is -3.58. The molecule has 0 bridgehead atoms. The molecule has 1 N–H and O–H groups in total. The second kappa shape index (κ2) is 8.62. The Balaban J connectivity index is 1.35. The van der Waals surface area contributed by atoms with Crippen molar-refractivity contribution in [2.75, 3.05) is 24.7 Å². The quantitative estimate of drug-likeness (QED) is 0.572. The zero-order valence-electron chi connectivity index (χ0n) is 16.1. The number of rotatable bonds is 6. The number of nitrogens with zero attached hydrogens (tertiary/aromatic N) is 3. The Labute approximate surface area is 177 Å². The van der Waals surface area contributed by atoms with Gasteiger partial charge in [0.15, 0.2) is 5.76 Å². The van der Waals surface area contributed by atoms with Gasteiger partial charge in [-0.1, -0.05) is 5.10 Å². The zero-order chi connectivity index (χ0) is 21.1. The maximum atomic E-state index is 12.8. The Hall–Kier alpha value is -2.63. The summed E-state index contributed by atoms with van der Waals surface area (Å²) in [5.74, 6) is -0.0314. The van der Waals surface area contributed by atoms with Gasteiger partial charge in [0.2, 0.25) is 15.9 Å². The Morgan fingerprint density at radius 2 is 1.90 bits per heavy atom. The predicted octanol–water partition coefficient (Wildman–Crippen LogP) is 3.09. The van der Waals surface area contributed by atoms with E-state index in [0.29, 0.717) is 18.6 Å². The number of aromatic nitrogens is 2. The highest BCUT2D eigenvalue weighted by atomic mass is 32.2. The fourth-order valence-electron chi connectivity index (χ4n) is 3.24. The van der Waals surface area contributed by atoms with E-state index in [1.54, 1.807) is 48.2 Å². The van der Waals surface area contributed by atoms with Gasteiger partial charge >= 0.3 is 6.01 Å². The van der Waals surface area contributed by atoms with Crippen LogP contribution in [0.1, 0.15) is 12.8 Å². The maximum Gasteiger partial charge on any atom is 0.322 e. The maximum absolute atomic E-state index is 12.8. The van der Waals surface area contributed by atoms with Crippen molar-refractivity contribution < 1.29 is 22.0 Å². The molecule has 0 saturated carbocycles. The lowest BCUT2D eigenvalue weighted by molar-refractivity contribution is -0.121. The zero-order valence-corrected chi connectivity index (χ0v) is 17.8. The molecule has 1 saturated heterocycles. The molecular formula is C19H20N4O5S2. The fourth-order valence-corrected chi connectivity index (χ4v) is 5.11. The topological polar surface area (TPSA) is 119 Å². The summed E-state index contributed by atoms with van der Waals surface area (Å²) in [4.78, 5) is 13.8. The largest absolute Gasteiger partial charge is 0.459 e. The number of benzene rings is 1. The van der Waals surface area contributed by atoms with E-state index >= 15 is 0 Å². The molecule has 0 radical (unpaired) electrons. The summed E-state index contributed by atoms with van der Waals surface area (Å²) in [5, 5.41) is 10.2. The molecule has 3 heterocycles. The Morgan fingerprint density at radius 1 is 1.17 bits per heavy atom. The molecular weight excluding hydrogens is 428 g/mol. The molecule has 1 fully saturated rings. The first-order valence-electron chi connectivity index (χ1n) is 9.30. The molecule has 3 aromatic rings. The van der Waals surface area contributed by atoms with Crippen LogP contribution >= 0.6 is 11.8 Å². The van der Waals surface area contributed by atoms with E-state index < -0.39 is 10.0 Å². The molecule has 1 aliphatic heterocycles. The van der Waals surface area contributed by atoms with E-state index in [1.165, 1.54) is 10.6 Å². The third-order valence-electron chi connectivity index (χ3n) is 4.91. The fraction of sp³-hybridized carbons (Fsp3) is 0.316. The van der Waals surface area contributed by atoms with Crippen LogP contribution in [-0.4, -0.2) is 48.2 Å². The minimum atomic E-state index is -3.58. The smallest absolute Gasteiger partial charge is 0.322 e. The van der Waals surface area contributed by atoms with Gasteiger partial charge in [-0.3, -0.25) is 10.1 Å². The lowest BCUT2D eigenvalue weighted by Gasteiger charge is -2.30. The van der Waals surface area contributed by atoms with Gasteiger partial charge in [-0.15, -0.1) is 16.9 Å². The standard InChI is InChI=1S/C19H20N4O5S2/c1-29-14-4-6-15(7-5-14)30(25,26)23-10-8-13(9-11-23)17(24)20-19-22-21-18(28-19)16-3-2-12-27-16/h2-7,12-13H,8-11H2,1H3,(H,20,22,24). The molecule has 1 amide bonds. The number of thioether (sulfide) groups is 1. The van der Waals surface area contributed by atoms with Crippen LogP contribution in [-0.2, 0) is 14.8 Å². The summed E-state index contributed by atoms with van der Waals surface area (Å²) < 4.78 is 37.7. The summed E-state index contributed by atoms with van der Waals surface area (Å²) in [6, 6.07) is 10.2. The number of nitrogens with one attached hydrogen (secondary N) is 1. The van der Waals surface area contributed by atoms with Gasteiger partial charge in [0.05, 0.1) is 11.2 Å². The van der Waals surface area contributed by atoms with Crippen LogP contribution in [0.5, 0.6) is 0 Å². The highest BCUT2D eigenvalue weighted by Crippen LogP contribution is 2.26. The normalized spacial score (nSPS) is 15.9. The molecule has 30 heavy (non-hydrogen) atoms. The monoisotopic (exact) mass is 448 g/mol. The first-order chi connectivity index (χ1) is 14.5. The lowest BCUT2D eigenvalue weighted by atomic mass is 9.97. The number of piperidine rings is 1. The van der Waals surface area contributed by atoms with Crippen molar-refractivity contribution >= 4 is 33.7 Å². The van der Waals surface area contributed by atoms with Crippen molar-refractivity contribution in [1.82, 2.24) is 14.5 Å². The van der Waals surface area contributed by atoms with Gasteiger partial charge in [0.25, 0.3) is 5.89 Å². The van der Waals surface area contributed by atoms with Crippen LogP contribution in [0.4, 0.5) is 6.01 Å². The second-order valence-electron chi connectivity index (χ2n) is 6.73. The number of sulfonamides is 1. The minimum Gasteiger partial charge on any atom is -0.459 e. The summed E-state index contributed by atoms with van der Waals surface area (Å²) in [5.41, 5.74) is 0. The van der Waals surface area contributed by atoms with Crippen molar-refractivity contribution in [3.05, 3.63) is 42.7 Å². The third kappa shape index (κ3) is 4.27. The average Bonchev–Trinajstić information content (AvgIpc) is 3.46. The lowest BCUT2D eigenvalue weighted by Crippen LogP contribution is -2.41. The SMILES string of the molecule is CSc1ccc(S(=O)(=O)N2CCC(C(=O)Nc3nnc(-c4ccco4)o3)CC2)cc1. The molecule has 0 unspecified atom stereocenters. The highest BCUT2D eigenvalue weighted by Gasteiger charge is 2.32. The van der Waals surface area contributed by atoms with Gasteiger partial charge in [0.1, 0.15) is 0 Å². The molecule has 1 aromatic carbocycles. The Kier molecular flexibility index (Phi) is 5.93. The summed E-state index contributed by atoms with van der Waals surface area (Å²) in [6.45, 7) is 0.540. The van der Waals surface area contributed by atoms with Crippen LogP contribution in [0.25, 0.3) is 11.7 Å². The predicted molar refractivity (Wildman–Crippen MR) is 110 cm³/mol. The van der Waals surface area contributed by atoms with E-state index in [-0.39, 0.29) is 41.7 Å². The number of amides is 1. The molecule has 11 heteroatoms. The molecule has 9 nitrogen and oxygen atoms in total. The number of carbonyl (C=O) groups excluding carboxylic acids is 1. The van der Waals surface area contributed by atoms with Gasteiger partial charge in [0, 0.05) is 23.9 Å². The summed E-state index contributed by atoms with van der Waals surface area (Å²) in [6.07, 6.45) is 4.24. The summed E-state index contributed by atoms with van der Waals surface area (Å²) >= 11 is 1.55. The third-order valence-corrected chi connectivity index (χ3v) is 7.57. The Bertz CT molecular complexity index is 1100. The molecule has 4 rings (SSSR count). The van der Waals surface area contributed by atoms with Crippen molar-refractivity contribution in [2.24, 2.45) is 5.92 Å². The molecule has 1 aliphatic rings. The van der Waals surface area contributed by atoms with E-state index in [9.17, 15) is 13.2 Å². The Morgan fingerprint density at radius 3 is 2.53 bits per heavy atom. The van der Waals surface area contributed by atoms with Crippen molar-refractivity contribution in [3.63, 3.8) is 0 Å². The van der Waals surface area contributed by atoms with Crippen LogP contribution in [0.15, 0.2) is 61.3 Å². The van der Waals surface area contributed by atoms with Crippen LogP contribution < -0.4 is 5.32 Å². The van der Waals surface area contributed by atoms with E-state index in [2.05, 4.69) is 15.5 Å². The van der Waals surface area contributed by atoms with Crippen LogP contribution in [0.3, 0.4) is 0 Å². The molecule has 158 valence electrons. The number of hydrogen-bond acceptors (Lipinski definition) is 8. The number of furan rings is 1. The van der Waals surface area contributed by atoms with Crippen LogP contribution in [0.2, 0.25) is 0 Å². The van der Waals surface area contributed by atoms with Gasteiger partial charge in [-0.25, -0.2) is 8.42 Å². The van der Waals surface area contributed by atoms with Gasteiger partial charge in [-0.05, 0) is 55.5 Å². The van der Waals surface area contributed by atoms with Crippen molar-refractivity contribution in [2.45, 2.75) is 22.6 Å². The highest BCUT2D eigenvalue weighted by molar-refractivity contribution is 7.98. The van der Waals surface area contributed by atoms with E-state index in [0.717, 1.165) is 4.90 Å². The number of hydrogen-bond donors (Lipinski definition) is 1. The number of carbonyl (C=O) groups is 1. The minimum absolute atomic E-state index is 0.0182. The average molecular weight is 449 g/mol. The first kappa shape index (κ1) is 20.6. The van der Waals surface area contributed by atoms with Gasteiger partial charge in [-0.2, -0.15) is 4.31 Å². The van der Waals surface area contributed by atoms with E-state index in [1.807, 2.05) is 6.26 Å². The molecule has 0 spiro atoms. The van der Waals surface area contributed by atoms with Gasteiger partial charge < -0.3 is 8.83 Å². The molecule has 2 aromatic heterocycles. The van der Waals surface area contributed by atoms with Crippen molar-refractivity contribution in [3.8, 4) is 11.7 Å².